The van der Waals surface area contributed by atoms with E-state index < -0.39 is 32.2 Å². The summed E-state index contributed by atoms with van der Waals surface area (Å²) in [7, 11) is -5.84. The Kier molecular flexibility index (Phi) is 5.77. The van der Waals surface area contributed by atoms with Gasteiger partial charge < -0.3 is 4.55 Å². The fourth-order valence-electron chi connectivity index (χ4n) is 0. The second kappa shape index (κ2) is 5.09. The van der Waals surface area contributed by atoms with Crippen LogP contribution in [0.25, 0.3) is 0 Å². The second-order valence-corrected chi connectivity index (χ2v) is 3.95. The summed E-state index contributed by atoms with van der Waals surface area (Å²) in [6.07, 6.45) is 0. The molecule has 5 nitrogen and oxygen atoms in total. The molecule has 0 aliphatic rings. The fourth-order valence-corrected chi connectivity index (χ4v) is 0. The lowest BCUT2D eigenvalue weighted by atomic mass is 11.6. The van der Waals surface area contributed by atoms with Crippen molar-refractivity contribution < 1.29 is 48.1 Å². The zero-order valence-corrected chi connectivity index (χ0v) is 7.80. The van der Waals surface area contributed by atoms with Crippen LogP contribution >= 0.6 is 0 Å². The highest BCUT2D eigenvalue weighted by molar-refractivity contribution is 7.86. The Morgan fingerprint density at radius 2 is 1.20 bits per heavy atom. The van der Waals surface area contributed by atoms with Gasteiger partial charge in [-0.2, -0.15) is 34.8 Å². The van der Waals surface area contributed by atoms with Crippen molar-refractivity contribution in [1.29, 1.82) is 0 Å². The molecule has 0 aromatic heterocycles. The van der Waals surface area contributed by atoms with Crippen LogP contribution in [0.4, 0.5) is 26.3 Å². The van der Waals surface area contributed by atoms with Gasteiger partial charge in [0.15, 0.2) is 0 Å². The van der Waals surface area contributed by atoms with Crippen LogP contribution < -0.4 is 0 Å². The Morgan fingerprint density at radius 1 is 1.07 bits per heavy atom. The third kappa shape index (κ3) is 8.59. The maximum atomic E-state index is 10.7. The summed E-state index contributed by atoms with van der Waals surface area (Å²) in [5.74, 6) is 0. The highest BCUT2D eigenvalue weighted by Gasteiger charge is 2.44. The van der Waals surface area contributed by atoms with Gasteiger partial charge in [0.05, 0.1) is 11.1 Å². The summed E-state index contributed by atoms with van der Waals surface area (Å²) >= 11 is -3.93. The Labute approximate surface area is 81.1 Å². The molecule has 1 N–H and O–H groups in total. The highest BCUT2D eigenvalue weighted by atomic mass is 32.2. The van der Waals surface area contributed by atoms with E-state index in [-0.39, 0.29) is 0 Å². The van der Waals surface area contributed by atoms with Crippen molar-refractivity contribution in [3.63, 3.8) is 0 Å². The molecule has 1 atom stereocenters. The summed E-state index contributed by atoms with van der Waals surface area (Å²) in [5.41, 5.74) is -10.6. The molecule has 13 heteroatoms. The van der Waals surface area contributed by atoms with Crippen molar-refractivity contribution in [3.8, 4) is 0 Å². The molecule has 0 rings (SSSR count). The van der Waals surface area contributed by atoms with Gasteiger partial charge in [0.1, 0.15) is 0 Å². The van der Waals surface area contributed by atoms with Gasteiger partial charge >= 0.3 is 21.1 Å². The van der Waals surface area contributed by atoms with E-state index in [1.807, 2.05) is 0 Å². The molecule has 0 fully saturated rings. The van der Waals surface area contributed by atoms with Gasteiger partial charge in [-0.1, -0.05) is 0 Å². The van der Waals surface area contributed by atoms with Gasteiger partial charge in [-0.05, 0) is 0 Å². The maximum Gasteiger partial charge on any atom is 0.522 e. The van der Waals surface area contributed by atoms with Crippen LogP contribution in [0.15, 0.2) is 0 Å². The standard InChI is InChI=1S/CHF3O3S.CHF3O2S/c2-1(3,4)8(5,6)7;2-1(3,4)7(5)6/h(H,5,6,7);(H,5,6)/p-1. The average molecular weight is 283 g/mol. The van der Waals surface area contributed by atoms with Crippen LogP contribution in [0.2, 0.25) is 0 Å². The van der Waals surface area contributed by atoms with Crippen LogP contribution in [-0.2, 0) is 21.2 Å². The fraction of sp³-hybridized carbons (Fsp3) is 1.00. The summed E-state index contributed by atoms with van der Waals surface area (Å²) in [5, 5.41) is 0. The minimum atomic E-state index is -5.84. The molecule has 15 heavy (non-hydrogen) atoms. The second-order valence-electron chi connectivity index (χ2n) is 1.60. The molecule has 1 unspecified atom stereocenters. The third-order valence-electron chi connectivity index (χ3n) is 0.481. The van der Waals surface area contributed by atoms with E-state index >= 15 is 0 Å². The van der Waals surface area contributed by atoms with Gasteiger partial charge in [-0.25, -0.2) is 0 Å². The number of halogens is 6. The summed E-state index contributed by atoms with van der Waals surface area (Å²) in [6, 6.07) is 0. The van der Waals surface area contributed by atoms with Gasteiger partial charge in [0.2, 0.25) is 0 Å². The minimum Gasteiger partial charge on any atom is -0.766 e. The molecular weight excluding hydrogens is 282 g/mol. The SMILES string of the molecule is O=S(=O)(O)C(F)(F)F.O=S([O-])C(F)(F)F. The largest absolute Gasteiger partial charge is 0.766 e. The molecule has 0 aliphatic carbocycles. The molecule has 0 saturated heterocycles. The van der Waals surface area contributed by atoms with E-state index in [4.69, 9.17) is 21.7 Å². The number of hydrogen-bond donors (Lipinski definition) is 1. The maximum absolute atomic E-state index is 10.7. The van der Waals surface area contributed by atoms with Crippen molar-refractivity contribution in [2.45, 2.75) is 11.0 Å². The van der Waals surface area contributed by atoms with Crippen molar-refractivity contribution >= 4 is 21.2 Å². The first-order valence-corrected chi connectivity index (χ1v) is 4.91. The number of alkyl halides is 6. The van der Waals surface area contributed by atoms with Crippen molar-refractivity contribution in [1.82, 2.24) is 0 Å². The number of hydrogen-bond acceptors (Lipinski definition) is 4. The first kappa shape index (κ1) is 17.0. The molecule has 0 saturated carbocycles. The number of rotatable bonds is 0. The van der Waals surface area contributed by atoms with E-state index in [0.29, 0.717) is 0 Å². The monoisotopic (exact) mass is 283 g/mol. The molecule has 94 valence electrons. The Bertz CT molecular complexity index is 311. The smallest absolute Gasteiger partial charge is 0.522 e. The molecule has 0 aromatic carbocycles. The van der Waals surface area contributed by atoms with Gasteiger partial charge in [0, 0.05) is 0 Å². The topological polar surface area (TPSA) is 94.5 Å². The molecule has 0 radical (unpaired) electrons. The quantitative estimate of drug-likeness (QED) is 0.307. The zero-order chi connectivity index (χ0) is 13.1. The first-order valence-electron chi connectivity index (χ1n) is 2.39. The molecule has 0 heterocycles. The van der Waals surface area contributed by atoms with E-state index in [2.05, 4.69) is 0 Å². The van der Waals surface area contributed by atoms with Gasteiger partial charge in [-0.3, -0.25) is 8.76 Å². The summed E-state index contributed by atoms with van der Waals surface area (Å²) in [4.78, 5) is 0. The van der Waals surface area contributed by atoms with Crippen LogP contribution in [0.3, 0.4) is 0 Å². The van der Waals surface area contributed by atoms with Gasteiger partial charge in [0.25, 0.3) is 0 Å². The lowest BCUT2D eigenvalue weighted by molar-refractivity contribution is -0.0510. The van der Waals surface area contributed by atoms with E-state index in [0.717, 1.165) is 0 Å². The predicted octanol–water partition coefficient (Wildman–Crippen LogP) is 0.779. The minimum absolute atomic E-state index is 3.93. The van der Waals surface area contributed by atoms with E-state index in [9.17, 15) is 26.3 Å². The van der Waals surface area contributed by atoms with Crippen molar-refractivity contribution in [2.24, 2.45) is 0 Å². The molecule has 0 aromatic rings. The van der Waals surface area contributed by atoms with Crippen LogP contribution in [0.5, 0.6) is 0 Å². The molecule has 0 aliphatic heterocycles. The molecule has 0 spiro atoms. The lowest BCUT2D eigenvalue weighted by Gasteiger charge is -2.06. The zero-order valence-electron chi connectivity index (χ0n) is 6.16. The average Bonchev–Trinajstić information content (AvgIpc) is 1.80. The molecule has 0 bridgehead atoms. The van der Waals surface area contributed by atoms with Crippen LogP contribution in [-0.4, -0.2) is 32.7 Å². The van der Waals surface area contributed by atoms with E-state index in [1.165, 1.54) is 0 Å². The Balaban J connectivity index is 0. The molecule has 0 amide bonds. The van der Waals surface area contributed by atoms with E-state index in [1.54, 1.807) is 0 Å². The first-order chi connectivity index (χ1) is 6.19. The Hall–Kier alpha value is -0.400. The highest BCUT2D eigenvalue weighted by Crippen LogP contribution is 2.20. The van der Waals surface area contributed by atoms with Crippen molar-refractivity contribution in [3.05, 3.63) is 0 Å². The summed E-state index contributed by atoms with van der Waals surface area (Å²) < 4.78 is 107. The molecular formula is C2HF6O5S2-. The van der Waals surface area contributed by atoms with Crippen LogP contribution in [0.1, 0.15) is 0 Å². The lowest BCUT2D eigenvalue weighted by Crippen LogP contribution is -2.21. The normalized spacial score (nSPS) is 15.2. The van der Waals surface area contributed by atoms with Gasteiger partial charge in [-0.15, -0.1) is 0 Å². The summed E-state index contributed by atoms with van der Waals surface area (Å²) in [6.45, 7) is 0. The van der Waals surface area contributed by atoms with Crippen molar-refractivity contribution in [2.75, 3.05) is 0 Å². The van der Waals surface area contributed by atoms with Crippen LogP contribution in [0, 0.1) is 0 Å². The Morgan fingerprint density at radius 3 is 1.20 bits per heavy atom. The third-order valence-corrected chi connectivity index (χ3v) is 1.44. The predicted molar refractivity (Wildman–Crippen MR) is 32.6 cm³/mol.